The summed E-state index contributed by atoms with van der Waals surface area (Å²) in [5, 5.41) is 0.0372. The molecule has 0 radical (unpaired) electrons. The molecule has 0 spiro atoms. The number of piperazine rings is 1. The minimum Gasteiger partial charge on any atom is -0.340 e. The highest BCUT2D eigenvalue weighted by Crippen LogP contribution is 2.28. The van der Waals surface area contributed by atoms with Crippen molar-refractivity contribution in [3.8, 4) is 0 Å². The average molecular weight is 418 g/mol. The van der Waals surface area contributed by atoms with E-state index < -0.39 is 10.0 Å². The van der Waals surface area contributed by atoms with Gasteiger partial charge in [0.25, 0.3) is 5.24 Å². The van der Waals surface area contributed by atoms with E-state index in [1.807, 2.05) is 13.8 Å². The number of thiophene rings is 1. The molecule has 10 heteroatoms. The fourth-order valence-corrected chi connectivity index (χ4v) is 7.00. The van der Waals surface area contributed by atoms with Crippen LogP contribution in [0, 0.1) is 13.8 Å². The summed E-state index contributed by atoms with van der Waals surface area (Å²) < 4.78 is 27.1. The van der Waals surface area contributed by atoms with Gasteiger partial charge >= 0.3 is 0 Å². The molecule has 26 heavy (non-hydrogen) atoms. The van der Waals surface area contributed by atoms with Crippen molar-refractivity contribution in [2.24, 2.45) is 0 Å². The van der Waals surface area contributed by atoms with Crippen LogP contribution >= 0.6 is 23.1 Å². The molecule has 2 aliphatic rings. The van der Waals surface area contributed by atoms with Crippen LogP contribution < -0.4 is 0 Å². The predicted molar refractivity (Wildman–Crippen MR) is 103 cm³/mol. The molecule has 3 rings (SSSR count). The Kier molecular flexibility index (Phi) is 5.95. The number of nitrogens with zero attached hydrogens (tertiary/aromatic N) is 3. The van der Waals surface area contributed by atoms with Crippen LogP contribution in [0.15, 0.2) is 11.0 Å². The van der Waals surface area contributed by atoms with Crippen molar-refractivity contribution in [2.75, 3.05) is 45.0 Å². The first kappa shape index (κ1) is 19.7. The van der Waals surface area contributed by atoms with Gasteiger partial charge in [0, 0.05) is 61.2 Å². The van der Waals surface area contributed by atoms with E-state index in [0.717, 1.165) is 15.5 Å². The summed E-state index contributed by atoms with van der Waals surface area (Å²) in [4.78, 5) is 29.5. The van der Waals surface area contributed by atoms with E-state index in [1.165, 1.54) is 27.4 Å². The van der Waals surface area contributed by atoms with Gasteiger partial charge in [-0.25, -0.2) is 8.42 Å². The highest BCUT2D eigenvalue weighted by molar-refractivity contribution is 8.13. The molecular formula is C16H23N3O4S3. The summed E-state index contributed by atoms with van der Waals surface area (Å²) in [5.41, 5.74) is 0. The minimum absolute atomic E-state index is 0.0192. The molecule has 1 aromatic heterocycles. The molecule has 0 saturated carbocycles. The molecule has 2 saturated heterocycles. The number of carbonyl (C=O) groups is 2. The van der Waals surface area contributed by atoms with Crippen molar-refractivity contribution in [3.05, 3.63) is 15.8 Å². The third-order valence-corrected chi connectivity index (χ3v) is 8.66. The molecule has 7 nitrogen and oxygen atoms in total. The molecule has 0 atom stereocenters. The molecule has 0 aliphatic carbocycles. The topological polar surface area (TPSA) is 78.0 Å². The van der Waals surface area contributed by atoms with Gasteiger partial charge in [-0.1, -0.05) is 11.8 Å². The number of sulfonamides is 1. The van der Waals surface area contributed by atoms with Gasteiger partial charge in [-0.15, -0.1) is 11.3 Å². The van der Waals surface area contributed by atoms with E-state index >= 15 is 0 Å². The summed E-state index contributed by atoms with van der Waals surface area (Å²) in [7, 11) is -3.50. The lowest BCUT2D eigenvalue weighted by Crippen LogP contribution is -2.50. The minimum atomic E-state index is -3.50. The molecular weight excluding hydrogens is 394 g/mol. The van der Waals surface area contributed by atoms with Gasteiger partial charge in [0.1, 0.15) is 0 Å². The molecule has 2 aliphatic heterocycles. The Labute approximate surface area is 162 Å². The van der Waals surface area contributed by atoms with Crippen molar-refractivity contribution < 1.29 is 18.0 Å². The summed E-state index contributed by atoms with van der Waals surface area (Å²) in [6, 6.07) is 1.72. The van der Waals surface area contributed by atoms with Crippen molar-refractivity contribution in [1.82, 2.24) is 14.1 Å². The lowest BCUT2D eigenvalue weighted by atomic mass is 10.3. The number of thioether (sulfide) groups is 1. The maximum Gasteiger partial charge on any atom is 0.281 e. The molecule has 144 valence electrons. The zero-order valence-electron chi connectivity index (χ0n) is 14.9. The standard InChI is InChI=1S/C16H23N3O4S3/c1-12-11-14(13(2)25-12)26(22,23)19-7-5-17(6-8-19)15(20)3-4-18-9-10-24-16(18)21/h11H,3-10H2,1-2H3. The molecule has 0 unspecified atom stereocenters. The Hall–Kier alpha value is -1.10. The zero-order valence-corrected chi connectivity index (χ0v) is 17.4. The lowest BCUT2D eigenvalue weighted by Gasteiger charge is -2.34. The monoisotopic (exact) mass is 417 g/mol. The number of rotatable bonds is 5. The van der Waals surface area contributed by atoms with Gasteiger partial charge in [0.15, 0.2) is 0 Å². The second-order valence-corrected chi connectivity index (χ2v) is 10.8. The number of hydrogen-bond donors (Lipinski definition) is 0. The van der Waals surface area contributed by atoms with Crippen LogP contribution in [0.5, 0.6) is 0 Å². The lowest BCUT2D eigenvalue weighted by molar-refractivity contribution is -0.132. The summed E-state index contributed by atoms with van der Waals surface area (Å²) in [5.74, 6) is 0.764. The van der Waals surface area contributed by atoms with Gasteiger partial charge in [-0.05, 0) is 19.9 Å². The van der Waals surface area contributed by atoms with Crippen LogP contribution in [-0.4, -0.2) is 78.7 Å². The molecule has 0 bridgehead atoms. The molecule has 2 amide bonds. The summed E-state index contributed by atoms with van der Waals surface area (Å²) >= 11 is 2.77. The second kappa shape index (κ2) is 7.87. The number of carbonyl (C=O) groups excluding carboxylic acids is 2. The zero-order chi connectivity index (χ0) is 18.9. The van der Waals surface area contributed by atoms with Crippen LogP contribution in [0.1, 0.15) is 16.2 Å². The largest absolute Gasteiger partial charge is 0.340 e. The first-order chi connectivity index (χ1) is 12.3. The van der Waals surface area contributed by atoms with E-state index in [0.29, 0.717) is 50.6 Å². The van der Waals surface area contributed by atoms with Gasteiger partial charge in [0.2, 0.25) is 15.9 Å². The van der Waals surface area contributed by atoms with Crippen molar-refractivity contribution in [1.29, 1.82) is 0 Å². The highest BCUT2D eigenvalue weighted by Gasteiger charge is 2.32. The van der Waals surface area contributed by atoms with Gasteiger partial charge in [-0.2, -0.15) is 4.31 Å². The first-order valence-corrected chi connectivity index (χ1v) is 11.8. The average Bonchev–Trinajstić information content (AvgIpc) is 3.17. The highest BCUT2D eigenvalue weighted by atomic mass is 32.2. The van der Waals surface area contributed by atoms with Crippen molar-refractivity contribution in [2.45, 2.75) is 25.2 Å². The Morgan fingerprint density at radius 3 is 2.38 bits per heavy atom. The normalized spacial score (nSPS) is 19.4. The van der Waals surface area contributed by atoms with Crippen LogP contribution in [0.25, 0.3) is 0 Å². The fourth-order valence-electron chi connectivity index (χ4n) is 3.20. The van der Waals surface area contributed by atoms with Gasteiger partial charge in [0.05, 0.1) is 4.90 Å². The van der Waals surface area contributed by atoms with Crippen LogP contribution in [0.2, 0.25) is 0 Å². The number of amides is 2. The van der Waals surface area contributed by atoms with E-state index in [-0.39, 0.29) is 11.1 Å². The molecule has 0 aromatic carbocycles. The molecule has 0 N–H and O–H groups in total. The van der Waals surface area contributed by atoms with Gasteiger partial charge in [-0.3, -0.25) is 9.59 Å². The quantitative estimate of drug-likeness (QED) is 0.729. The van der Waals surface area contributed by atoms with Crippen molar-refractivity contribution in [3.63, 3.8) is 0 Å². The Balaban J connectivity index is 1.54. The maximum absolute atomic E-state index is 12.8. The second-order valence-electron chi connectivity index (χ2n) is 6.41. The maximum atomic E-state index is 12.8. The van der Waals surface area contributed by atoms with E-state index in [1.54, 1.807) is 15.9 Å². The van der Waals surface area contributed by atoms with Crippen LogP contribution in [-0.2, 0) is 14.8 Å². The van der Waals surface area contributed by atoms with Crippen LogP contribution in [0.4, 0.5) is 4.79 Å². The molecule has 3 heterocycles. The number of hydrogen-bond acceptors (Lipinski definition) is 6. The van der Waals surface area contributed by atoms with Crippen LogP contribution in [0.3, 0.4) is 0 Å². The third-order valence-electron chi connectivity index (χ3n) is 4.65. The summed E-state index contributed by atoms with van der Waals surface area (Å²) in [6.45, 7) is 6.26. The molecule has 2 fully saturated rings. The van der Waals surface area contributed by atoms with Gasteiger partial charge < -0.3 is 9.80 Å². The van der Waals surface area contributed by atoms with E-state index in [9.17, 15) is 18.0 Å². The number of aryl methyl sites for hydroxylation is 2. The smallest absolute Gasteiger partial charge is 0.281 e. The van der Waals surface area contributed by atoms with E-state index in [4.69, 9.17) is 0 Å². The first-order valence-electron chi connectivity index (χ1n) is 8.55. The summed E-state index contributed by atoms with van der Waals surface area (Å²) in [6.07, 6.45) is 0.294. The van der Waals surface area contributed by atoms with E-state index in [2.05, 4.69) is 0 Å². The molecule has 1 aromatic rings. The Morgan fingerprint density at radius 2 is 1.85 bits per heavy atom. The Morgan fingerprint density at radius 1 is 1.15 bits per heavy atom. The van der Waals surface area contributed by atoms with Crippen molar-refractivity contribution >= 4 is 44.3 Å². The SMILES string of the molecule is Cc1cc(S(=O)(=O)N2CCN(C(=O)CCN3CCSC3=O)CC2)c(C)s1. The third kappa shape index (κ3) is 4.08. The fraction of sp³-hybridized carbons (Fsp3) is 0.625. The Bertz CT molecular complexity index is 798. The predicted octanol–water partition coefficient (Wildman–Crippen LogP) is 1.76.